The Balaban J connectivity index is 1.40. The van der Waals surface area contributed by atoms with Crippen LogP contribution >= 0.6 is 11.3 Å². The highest BCUT2D eigenvalue weighted by atomic mass is 32.1. The third-order valence-corrected chi connectivity index (χ3v) is 8.75. The number of fused-ring (bicyclic) bond motifs is 4. The number of imidazole rings is 1. The van der Waals surface area contributed by atoms with Gasteiger partial charge < -0.3 is 0 Å². The van der Waals surface area contributed by atoms with E-state index < -0.39 is 0 Å². The van der Waals surface area contributed by atoms with Gasteiger partial charge in [-0.25, -0.2) is 4.98 Å². The lowest BCUT2D eigenvalue weighted by Gasteiger charge is -2.15. The van der Waals surface area contributed by atoms with Crippen molar-refractivity contribution < 1.29 is 0 Å². The summed E-state index contributed by atoms with van der Waals surface area (Å²) in [7, 11) is 0. The van der Waals surface area contributed by atoms with Crippen molar-refractivity contribution >= 4 is 42.5 Å². The monoisotopic (exact) mass is 529 g/mol. The van der Waals surface area contributed by atoms with E-state index in [0.29, 0.717) is 0 Å². The van der Waals surface area contributed by atoms with Crippen molar-refractivity contribution in [3.63, 3.8) is 0 Å². The van der Waals surface area contributed by atoms with Crippen LogP contribution in [-0.4, -0.2) is 14.5 Å². The van der Waals surface area contributed by atoms with Crippen LogP contribution in [0.1, 0.15) is 0 Å². The second kappa shape index (κ2) is 9.30. The van der Waals surface area contributed by atoms with Crippen LogP contribution in [0.25, 0.3) is 70.5 Å². The van der Waals surface area contributed by atoms with E-state index >= 15 is 0 Å². The smallest absolute Gasteiger partial charge is 0.147 e. The third-order valence-electron chi connectivity index (χ3n) is 7.54. The molecule has 0 unspecified atom stereocenters. The van der Waals surface area contributed by atoms with Crippen molar-refractivity contribution in [3.8, 4) is 39.3 Å². The van der Waals surface area contributed by atoms with E-state index in [4.69, 9.17) is 4.98 Å². The Hall–Kier alpha value is -5.06. The normalized spacial score (nSPS) is 11.5. The summed E-state index contributed by atoms with van der Waals surface area (Å²) in [5.41, 5.74) is 9.08. The van der Waals surface area contributed by atoms with E-state index in [1.807, 2.05) is 23.7 Å². The minimum absolute atomic E-state index is 0.955. The highest BCUT2D eigenvalue weighted by molar-refractivity contribution is 7.26. The van der Waals surface area contributed by atoms with E-state index in [0.717, 1.165) is 28.1 Å². The first-order chi connectivity index (χ1) is 19.8. The molecule has 0 spiro atoms. The van der Waals surface area contributed by atoms with Gasteiger partial charge in [0.1, 0.15) is 5.82 Å². The van der Waals surface area contributed by atoms with E-state index in [2.05, 4.69) is 137 Å². The fourth-order valence-electron chi connectivity index (χ4n) is 5.68. The van der Waals surface area contributed by atoms with Crippen LogP contribution in [0.15, 0.2) is 140 Å². The molecular weight excluding hydrogens is 506 g/mol. The Morgan fingerprint density at radius 3 is 2.23 bits per heavy atom. The maximum Gasteiger partial charge on any atom is 0.147 e. The van der Waals surface area contributed by atoms with Crippen LogP contribution in [0, 0.1) is 0 Å². The van der Waals surface area contributed by atoms with Crippen molar-refractivity contribution in [2.75, 3.05) is 0 Å². The molecule has 3 aromatic heterocycles. The molecule has 0 bridgehead atoms. The van der Waals surface area contributed by atoms with Gasteiger partial charge in [0.15, 0.2) is 0 Å². The number of rotatable bonds is 4. The minimum atomic E-state index is 0.955. The summed E-state index contributed by atoms with van der Waals surface area (Å²) in [5.74, 6) is 0.955. The quantitative estimate of drug-likeness (QED) is 0.227. The van der Waals surface area contributed by atoms with Crippen LogP contribution in [0.5, 0.6) is 0 Å². The van der Waals surface area contributed by atoms with Gasteiger partial charge in [-0.2, -0.15) is 0 Å². The molecule has 3 heterocycles. The summed E-state index contributed by atoms with van der Waals surface area (Å²) in [4.78, 5) is 9.43. The first-order valence-electron chi connectivity index (χ1n) is 13.3. The van der Waals surface area contributed by atoms with Crippen LogP contribution in [-0.2, 0) is 0 Å². The average molecular weight is 530 g/mol. The second-order valence-corrected chi connectivity index (χ2v) is 10.9. The summed E-state index contributed by atoms with van der Waals surface area (Å²) in [6.07, 6.45) is 3.70. The Labute approximate surface area is 235 Å². The van der Waals surface area contributed by atoms with Crippen LogP contribution in [0.2, 0.25) is 0 Å². The Bertz CT molecular complexity index is 2160. The predicted octanol–water partition coefficient (Wildman–Crippen LogP) is 9.79. The van der Waals surface area contributed by atoms with E-state index in [-0.39, 0.29) is 0 Å². The molecular formula is C36H23N3S. The largest absolute Gasteiger partial charge is 0.292 e. The fraction of sp³-hybridized carbons (Fsp3) is 0. The first-order valence-corrected chi connectivity index (χ1v) is 14.2. The van der Waals surface area contributed by atoms with Gasteiger partial charge in [0.25, 0.3) is 0 Å². The van der Waals surface area contributed by atoms with Crippen LogP contribution in [0.4, 0.5) is 0 Å². The molecule has 0 fully saturated rings. The first kappa shape index (κ1) is 22.9. The van der Waals surface area contributed by atoms with Crippen LogP contribution < -0.4 is 0 Å². The lowest BCUT2D eigenvalue weighted by molar-refractivity contribution is 1.11. The molecule has 40 heavy (non-hydrogen) atoms. The summed E-state index contributed by atoms with van der Waals surface area (Å²) in [5, 5.41) is 2.53. The van der Waals surface area contributed by atoms with Crippen molar-refractivity contribution in [1.82, 2.24) is 14.5 Å². The lowest BCUT2D eigenvalue weighted by atomic mass is 10.0. The third kappa shape index (κ3) is 3.65. The molecule has 0 saturated heterocycles. The van der Waals surface area contributed by atoms with Gasteiger partial charge >= 0.3 is 0 Å². The fourth-order valence-corrected chi connectivity index (χ4v) is 6.93. The Kier molecular flexibility index (Phi) is 5.32. The number of nitrogens with zero attached hydrogens (tertiary/aromatic N) is 3. The molecule has 8 aromatic rings. The number of pyridine rings is 1. The maximum absolute atomic E-state index is 5.24. The summed E-state index contributed by atoms with van der Waals surface area (Å²) >= 11 is 1.84. The highest BCUT2D eigenvalue weighted by Gasteiger charge is 2.20. The molecule has 188 valence electrons. The molecule has 0 atom stereocenters. The van der Waals surface area contributed by atoms with Gasteiger partial charge in [-0.05, 0) is 59.2 Å². The van der Waals surface area contributed by atoms with Gasteiger partial charge in [0, 0.05) is 43.7 Å². The predicted molar refractivity (Wildman–Crippen MR) is 168 cm³/mol. The summed E-state index contributed by atoms with van der Waals surface area (Å²) in [6.45, 7) is 0. The van der Waals surface area contributed by atoms with Crippen molar-refractivity contribution in [3.05, 3.63) is 140 Å². The molecule has 0 N–H and O–H groups in total. The maximum atomic E-state index is 5.24. The van der Waals surface area contributed by atoms with Crippen LogP contribution in [0.3, 0.4) is 0 Å². The zero-order valence-corrected chi connectivity index (χ0v) is 22.3. The number of para-hydroxylation sites is 3. The van der Waals surface area contributed by atoms with Gasteiger partial charge in [-0.15, -0.1) is 11.3 Å². The molecule has 0 amide bonds. The molecule has 8 rings (SSSR count). The molecule has 0 aliphatic heterocycles. The van der Waals surface area contributed by atoms with Gasteiger partial charge in [-0.1, -0.05) is 84.9 Å². The minimum Gasteiger partial charge on any atom is -0.292 e. The molecule has 5 aromatic carbocycles. The van der Waals surface area contributed by atoms with Gasteiger partial charge in [0.2, 0.25) is 0 Å². The van der Waals surface area contributed by atoms with Crippen molar-refractivity contribution in [2.24, 2.45) is 0 Å². The standard InChI is InChI=1S/C36H23N3S/c1-2-9-25(10-3-1)27-11-4-6-15-32(27)39-33-16-7-5-14-31(33)38-36(39)30-13-8-12-29-28-18-17-26(23-34(28)40-35(29)30)24-19-21-37-22-20-24/h1-23H. The number of thiophene rings is 1. The topological polar surface area (TPSA) is 30.7 Å². The number of benzene rings is 5. The van der Waals surface area contributed by atoms with Gasteiger partial charge in [0.05, 0.1) is 16.7 Å². The van der Waals surface area contributed by atoms with E-state index in [1.54, 1.807) is 0 Å². The number of aromatic nitrogens is 3. The summed E-state index contributed by atoms with van der Waals surface area (Å²) < 4.78 is 4.85. The molecule has 3 nitrogen and oxygen atoms in total. The van der Waals surface area contributed by atoms with E-state index in [9.17, 15) is 0 Å². The number of hydrogen-bond acceptors (Lipinski definition) is 3. The van der Waals surface area contributed by atoms with Gasteiger partial charge in [-0.3, -0.25) is 9.55 Å². The zero-order valence-electron chi connectivity index (χ0n) is 21.5. The van der Waals surface area contributed by atoms with Crippen molar-refractivity contribution in [1.29, 1.82) is 0 Å². The molecule has 0 aliphatic carbocycles. The van der Waals surface area contributed by atoms with Crippen molar-refractivity contribution in [2.45, 2.75) is 0 Å². The Morgan fingerprint density at radius 1 is 0.550 bits per heavy atom. The average Bonchev–Trinajstić information content (AvgIpc) is 3.60. The Morgan fingerprint density at radius 2 is 1.32 bits per heavy atom. The SMILES string of the molecule is c1ccc(-c2ccccc2-n2c(-c3cccc4c3sc3cc(-c5ccncc5)ccc34)nc3ccccc32)cc1. The molecule has 4 heteroatoms. The highest BCUT2D eigenvalue weighted by Crippen LogP contribution is 2.43. The van der Waals surface area contributed by atoms with E-state index in [1.165, 1.54) is 42.4 Å². The molecule has 0 saturated carbocycles. The zero-order chi connectivity index (χ0) is 26.5. The molecule has 0 aliphatic rings. The molecule has 0 radical (unpaired) electrons. The second-order valence-electron chi connectivity index (χ2n) is 9.87. The lowest BCUT2D eigenvalue weighted by Crippen LogP contribution is -2.00. The summed E-state index contributed by atoms with van der Waals surface area (Å²) in [6, 6.07) is 45.1. The number of hydrogen-bond donors (Lipinski definition) is 0.